The molecule has 1 N–H and O–H groups in total. The number of aryl methyl sites for hydroxylation is 1. The average Bonchev–Trinajstić information content (AvgIpc) is 2.80. The highest BCUT2D eigenvalue weighted by atomic mass is 127. The van der Waals surface area contributed by atoms with Crippen LogP contribution in [0.5, 0.6) is 0 Å². The summed E-state index contributed by atoms with van der Waals surface area (Å²) in [7, 11) is 0. The van der Waals surface area contributed by atoms with Gasteiger partial charge in [0.05, 0.1) is 0 Å². The van der Waals surface area contributed by atoms with Crippen molar-refractivity contribution in [3.05, 3.63) is 27.3 Å². The summed E-state index contributed by atoms with van der Waals surface area (Å²) in [6, 6.07) is 6.65. The average molecular weight is 402 g/mol. The first-order valence-corrected chi connectivity index (χ1v) is 8.33. The van der Waals surface area contributed by atoms with E-state index < -0.39 is 5.60 Å². The van der Waals surface area contributed by atoms with Gasteiger partial charge < -0.3 is 15.0 Å². The quantitative estimate of drug-likeness (QED) is 0.760. The second kappa shape index (κ2) is 6.42. The third-order valence-electron chi connectivity index (χ3n) is 3.40. The molecule has 1 saturated heterocycles. The van der Waals surface area contributed by atoms with E-state index in [2.05, 4.69) is 53.0 Å². The van der Waals surface area contributed by atoms with Crippen molar-refractivity contribution in [2.75, 3.05) is 18.4 Å². The summed E-state index contributed by atoms with van der Waals surface area (Å²) in [6.45, 7) is 9.22. The van der Waals surface area contributed by atoms with Crippen LogP contribution in [0.25, 0.3) is 0 Å². The smallest absolute Gasteiger partial charge is 0.410 e. The van der Waals surface area contributed by atoms with E-state index >= 15 is 0 Å². The Morgan fingerprint density at radius 2 is 2.14 bits per heavy atom. The van der Waals surface area contributed by atoms with Gasteiger partial charge in [-0.15, -0.1) is 0 Å². The first kappa shape index (κ1) is 16.4. The Labute approximate surface area is 140 Å². The van der Waals surface area contributed by atoms with E-state index in [0.29, 0.717) is 6.54 Å². The lowest BCUT2D eigenvalue weighted by atomic mass is 10.1. The zero-order valence-corrected chi connectivity index (χ0v) is 15.2. The Hall–Kier alpha value is -0.980. The summed E-state index contributed by atoms with van der Waals surface area (Å²) >= 11 is 2.31. The van der Waals surface area contributed by atoms with Gasteiger partial charge in [-0.3, -0.25) is 0 Å². The highest BCUT2D eigenvalue weighted by Gasteiger charge is 2.29. The highest BCUT2D eigenvalue weighted by molar-refractivity contribution is 14.1. The molecule has 1 fully saturated rings. The predicted molar refractivity (Wildman–Crippen MR) is 93.7 cm³/mol. The minimum Gasteiger partial charge on any atom is -0.444 e. The molecule has 1 aromatic carbocycles. The molecule has 0 spiro atoms. The Morgan fingerprint density at radius 3 is 2.81 bits per heavy atom. The van der Waals surface area contributed by atoms with Gasteiger partial charge in [0.1, 0.15) is 5.60 Å². The summed E-state index contributed by atoms with van der Waals surface area (Å²) in [5, 5.41) is 3.54. The van der Waals surface area contributed by atoms with Crippen molar-refractivity contribution in [2.45, 2.75) is 45.8 Å². The van der Waals surface area contributed by atoms with E-state index in [1.165, 1.54) is 9.13 Å². The third-order valence-corrected chi connectivity index (χ3v) is 4.07. The van der Waals surface area contributed by atoms with E-state index in [4.69, 9.17) is 4.74 Å². The SMILES string of the molecule is Cc1ccc(I)cc1NC1CCN(C(=O)OC(C)(C)C)C1. The second-order valence-electron chi connectivity index (χ2n) is 6.52. The van der Waals surface area contributed by atoms with Crippen LogP contribution in [-0.2, 0) is 4.74 Å². The molecule has 1 amide bonds. The molecule has 2 rings (SSSR count). The number of nitrogens with one attached hydrogen (secondary N) is 1. The van der Waals surface area contributed by atoms with Crippen LogP contribution in [0.2, 0.25) is 0 Å². The standard InChI is InChI=1S/C16H23IN2O2/c1-11-5-6-12(17)9-14(11)18-13-7-8-19(10-13)15(20)21-16(2,3)4/h5-6,9,13,18H,7-8,10H2,1-4H3. The van der Waals surface area contributed by atoms with Gasteiger partial charge in [-0.25, -0.2) is 4.79 Å². The fraction of sp³-hybridized carbons (Fsp3) is 0.562. The molecule has 4 nitrogen and oxygen atoms in total. The van der Waals surface area contributed by atoms with Crippen LogP contribution < -0.4 is 5.32 Å². The molecule has 1 atom stereocenters. The topological polar surface area (TPSA) is 41.6 Å². The van der Waals surface area contributed by atoms with E-state index in [1.54, 1.807) is 4.90 Å². The summed E-state index contributed by atoms with van der Waals surface area (Å²) in [4.78, 5) is 13.8. The minimum atomic E-state index is -0.436. The number of anilines is 1. The van der Waals surface area contributed by atoms with Crippen LogP contribution in [-0.4, -0.2) is 35.7 Å². The molecule has 116 valence electrons. The van der Waals surface area contributed by atoms with Crippen LogP contribution in [0.15, 0.2) is 18.2 Å². The number of carbonyl (C=O) groups excluding carboxylic acids is 1. The fourth-order valence-corrected chi connectivity index (χ4v) is 2.83. The predicted octanol–water partition coefficient (Wildman–Crippen LogP) is 4.02. The molecule has 0 saturated carbocycles. The zero-order chi connectivity index (χ0) is 15.6. The number of carbonyl (C=O) groups is 1. The fourth-order valence-electron chi connectivity index (χ4n) is 2.34. The lowest BCUT2D eigenvalue weighted by Gasteiger charge is -2.24. The van der Waals surface area contributed by atoms with E-state index in [1.807, 2.05) is 20.8 Å². The molecule has 21 heavy (non-hydrogen) atoms. The Bertz CT molecular complexity index is 525. The van der Waals surface area contributed by atoms with Crippen LogP contribution in [0, 0.1) is 10.5 Å². The number of hydrogen-bond donors (Lipinski definition) is 1. The van der Waals surface area contributed by atoms with Gasteiger partial charge in [-0.05, 0) is 74.4 Å². The van der Waals surface area contributed by atoms with Crippen LogP contribution in [0.4, 0.5) is 10.5 Å². The van der Waals surface area contributed by atoms with Gasteiger partial charge in [0, 0.05) is 28.4 Å². The number of rotatable bonds is 2. The van der Waals surface area contributed by atoms with E-state index in [-0.39, 0.29) is 12.1 Å². The van der Waals surface area contributed by atoms with Crippen LogP contribution in [0.1, 0.15) is 32.8 Å². The lowest BCUT2D eigenvalue weighted by Crippen LogP contribution is -2.36. The molecule has 1 aromatic rings. The van der Waals surface area contributed by atoms with Crippen molar-refractivity contribution in [1.82, 2.24) is 4.90 Å². The number of likely N-dealkylation sites (tertiary alicyclic amines) is 1. The molecule has 1 heterocycles. The number of ether oxygens (including phenoxy) is 1. The van der Waals surface area contributed by atoms with Gasteiger partial charge in [0.15, 0.2) is 0 Å². The lowest BCUT2D eigenvalue weighted by molar-refractivity contribution is 0.0293. The zero-order valence-electron chi connectivity index (χ0n) is 13.1. The molecule has 0 radical (unpaired) electrons. The van der Waals surface area contributed by atoms with E-state index in [0.717, 1.165) is 18.7 Å². The summed E-state index contributed by atoms with van der Waals surface area (Å²) in [6.07, 6.45) is 0.732. The number of benzene rings is 1. The van der Waals surface area contributed by atoms with Crippen LogP contribution >= 0.6 is 22.6 Å². The number of amides is 1. The largest absolute Gasteiger partial charge is 0.444 e. The summed E-state index contributed by atoms with van der Waals surface area (Å²) < 4.78 is 6.63. The first-order valence-electron chi connectivity index (χ1n) is 7.25. The number of nitrogens with zero attached hydrogens (tertiary/aromatic N) is 1. The molecule has 5 heteroatoms. The molecule has 0 bridgehead atoms. The van der Waals surface area contributed by atoms with Gasteiger partial charge in [-0.1, -0.05) is 6.07 Å². The Morgan fingerprint density at radius 1 is 1.43 bits per heavy atom. The molecule has 1 aliphatic rings. The van der Waals surface area contributed by atoms with Gasteiger partial charge in [0.2, 0.25) is 0 Å². The number of hydrogen-bond acceptors (Lipinski definition) is 3. The maximum atomic E-state index is 12.1. The summed E-state index contributed by atoms with van der Waals surface area (Å²) in [5.74, 6) is 0. The van der Waals surface area contributed by atoms with Crippen molar-refractivity contribution in [2.24, 2.45) is 0 Å². The molecular weight excluding hydrogens is 379 g/mol. The van der Waals surface area contributed by atoms with Crippen molar-refractivity contribution < 1.29 is 9.53 Å². The molecule has 0 aliphatic carbocycles. The summed E-state index contributed by atoms with van der Waals surface area (Å²) in [5.41, 5.74) is 1.94. The van der Waals surface area contributed by atoms with Gasteiger partial charge in [-0.2, -0.15) is 0 Å². The number of halogens is 1. The van der Waals surface area contributed by atoms with Crippen LogP contribution in [0.3, 0.4) is 0 Å². The van der Waals surface area contributed by atoms with E-state index in [9.17, 15) is 4.79 Å². The van der Waals surface area contributed by atoms with Gasteiger partial charge >= 0.3 is 6.09 Å². The molecule has 1 aliphatic heterocycles. The normalized spacial score (nSPS) is 18.7. The van der Waals surface area contributed by atoms with Crippen molar-refractivity contribution in [3.8, 4) is 0 Å². The highest BCUT2D eigenvalue weighted by Crippen LogP contribution is 2.22. The maximum Gasteiger partial charge on any atom is 0.410 e. The van der Waals surface area contributed by atoms with Crippen molar-refractivity contribution >= 4 is 34.4 Å². The molecular formula is C16H23IN2O2. The monoisotopic (exact) mass is 402 g/mol. The van der Waals surface area contributed by atoms with Crippen molar-refractivity contribution in [3.63, 3.8) is 0 Å². The third kappa shape index (κ3) is 4.76. The molecule has 0 aromatic heterocycles. The Balaban J connectivity index is 1.93. The Kier molecular flexibility index (Phi) is 5.01. The maximum absolute atomic E-state index is 12.1. The van der Waals surface area contributed by atoms with Crippen molar-refractivity contribution in [1.29, 1.82) is 0 Å². The van der Waals surface area contributed by atoms with Gasteiger partial charge in [0.25, 0.3) is 0 Å². The second-order valence-corrected chi connectivity index (χ2v) is 7.76. The minimum absolute atomic E-state index is 0.217. The molecule has 1 unspecified atom stereocenters. The first-order chi connectivity index (χ1) is 9.74.